The van der Waals surface area contributed by atoms with E-state index in [1.807, 2.05) is 0 Å². The summed E-state index contributed by atoms with van der Waals surface area (Å²) in [5.41, 5.74) is 1.11. The fraction of sp³-hybridized carbons (Fsp3) is 0.250. The molecular formula is C12H12F2O. The summed E-state index contributed by atoms with van der Waals surface area (Å²) in [6.45, 7) is 5.34. The second-order valence-electron chi connectivity index (χ2n) is 3.63. The number of hydrogen-bond acceptors (Lipinski definition) is 1. The minimum atomic E-state index is -0.659. The third-order valence-corrected chi connectivity index (χ3v) is 1.82. The molecule has 1 rings (SSSR count). The molecular weight excluding hydrogens is 198 g/mol. The number of benzene rings is 1. The first-order chi connectivity index (χ1) is 6.97. The van der Waals surface area contributed by atoms with Crippen LogP contribution in [0.25, 0.3) is 0 Å². The largest absolute Gasteiger partial charge is 0.299 e. The van der Waals surface area contributed by atoms with E-state index >= 15 is 0 Å². The van der Waals surface area contributed by atoms with E-state index in [4.69, 9.17) is 0 Å². The van der Waals surface area contributed by atoms with Crippen molar-refractivity contribution in [3.63, 3.8) is 0 Å². The number of rotatable bonds is 4. The summed E-state index contributed by atoms with van der Waals surface area (Å²) in [4.78, 5) is 11.3. The van der Waals surface area contributed by atoms with Gasteiger partial charge in [-0.15, -0.1) is 0 Å². The van der Waals surface area contributed by atoms with Gasteiger partial charge < -0.3 is 0 Å². The van der Waals surface area contributed by atoms with Crippen molar-refractivity contribution in [2.24, 2.45) is 0 Å². The molecule has 80 valence electrons. The monoisotopic (exact) mass is 210 g/mol. The van der Waals surface area contributed by atoms with Crippen LogP contribution in [-0.2, 0) is 11.2 Å². The number of carbonyl (C=O) groups excluding carboxylic acids is 1. The first-order valence-electron chi connectivity index (χ1n) is 4.58. The minimum Gasteiger partial charge on any atom is -0.299 e. The van der Waals surface area contributed by atoms with Crippen molar-refractivity contribution in [3.8, 4) is 0 Å². The standard InChI is InChI=1S/C12H12F2O/c1-8(2)3-12(15)6-9-4-10(13)7-11(14)5-9/h4-5,7H,1,3,6H2,2H3. The highest BCUT2D eigenvalue weighted by molar-refractivity contribution is 5.82. The second kappa shape index (κ2) is 4.82. The Morgan fingerprint density at radius 2 is 1.80 bits per heavy atom. The fourth-order valence-electron chi connectivity index (χ4n) is 1.34. The maximum Gasteiger partial charge on any atom is 0.141 e. The van der Waals surface area contributed by atoms with E-state index in [0.29, 0.717) is 5.56 Å². The van der Waals surface area contributed by atoms with E-state index in [2.05, 4.69) is 6.58 Å². The van der Waals surface area contributed by atoms with Gasteiger partial charge in [-0.2, -0.15) is 0 Å². The summed E-state index contributed by atoms with van der Waals surface area (Å²) in [6.07, 6.45) is 0.291. The predicted molar refractivity (Wildman–Crippen MR) is 54.5 cm³/mol. The Morgan fingerprint density at radius 3 is 2.27 bits per heavy atom. The molecule has 0 atom stereocenters. The van der Waals surface area contributed by atoms with Gasteiger partial charge in [0.1, 0.15) is 17.4 Å². The molecule has 0 fully saturated rings. The average Bonchev–Trinajstić information content (AvgIpc) is 1.98. The maximum atomic E-state index is 12.8. The van der Waals surface area contributed by atoms with Crippen molar-refractivity contribution in [2.45, 2.75) is 19.8 Å². The highest BCUT2D eigenvalue weighted by atomic mass is 19.1. The van der Waals surface area contributed by atoms with Crippen molar-refractivity contribution < 1.29 is 13.6 Å². The zero-order valence-corrected chi connectivity index (χ0v) is 8.52. The van der Waals surface area contributed by atoms with Gasteiger partial charge in [0.15, 0.2) is 0 Å². The zero-order chi connectivity index (χ0) is 11.4. The highest BCUT2D eigenvalue weighted by Gasteiger charge is 2.06. The predicted octanol–water partition coefficient (Wildman–Crippen LogP) is 3.04. The molecule has 0 spiro atoms. The Kier molecular flexibility index (Phi) is 3.72. The molecule has 0 aliphatic heterocycles. The smallest absolute Gasteiger partial charge is 0.141 e. The number of Topliss-reactive ketones (excluding diaryl/α,β-unsaturated/α-hetero) is 1. The highest BCUT2D eigenvalue weighted by Crippen LogP contribution is 2.10. The normalized spacial score (nSPS) is 10.1. The Balaban J connectivity index is 2.72. The van der Waals surface area contributed by atoms with Crippen molar-refractivity contribution in [3.05, 3.63) is 47.5 Å². The van der Waals surface area contributed by atoms with Gasteiger partial charge in [-0.1, -0.05) is 12.2 Å². The molecule has 1 nitrogen and oxygen atoms in total. The van der Waals surface area contributed by atoms with E-state index in [9.17, 15) is 13.6 Å². The van der Waals surface area contributed by atoms with Crippen molar-refractivity contribution in [1.29, 1.82) is 0 Å². The number of halogens is 2. The lowest BCUT2D eigenvalue weighted by atomic mass is 10.0. The third-order valence-electron chi connectivity index (χ3n) is 1.82. The topological polar surface area (TPSA) is 17.1 Å². The van der Waals surface area contributed by atoms with Gasteiger partial charge in [0.2, 0.25) is 0 Å². The molecule has 0 aromatic heterocycles. The number of carbonyl (C=O) groups is 1. The molecule has 0 heterocycles. The molecule has 0 aliphatic carbocycles. The van der Waals surface area contributed by atoms with Crippen LogP contribution in [0.2, 0.25) is 0 Å². The molecule has 3 heteroatoms. The van der Waals surface area contributed by atoms with Gasteiger partial charge in [-0.05, 0) is 24.6 Å². The van der Waals surface area contributed by atoms with Crippen LogP contribution in [-0.4, -0.2) is 5.78 Å². The first-order valence-corrected chi connectivity index (χ1v) is 4.58. The Bertz CT molecular complexity index is 376. The quantitative estimate of drug-likeness (QED) is 0.698. The van der Waals surface area contributed by atoms with E-state index < -0.39 is 11.6 Å². The summed E-state index contributed by atoms with van der Waals surface area (Å²) < 4.78 is 25.5. The minimum absolute atomic E-state index is 0.0432. The Hall–Kier alpha value is -1.51. The van der Waals surface area contributed by atoms with Crippen molar-refractivity contribution in [2.75, 3.05) is 0 Å². The SMILES string of the molecule is C=C(C)CC(=O)Cc1cc(F)cc(F)c1. The van der Waals surface area contributed by atoms with E-state index in [-0.39, 0.29) is 18.6 Å². The fourth-order valence-corrected chi connectivity index (χ4v) is 1.34. The molecule has 1 aromatic rings. The number of allylic oxidation sites excluding steroid dienone is 1. The van der Waals surface area contributed by atoms with Gasteiger partial charge >= 0.3 is 0 Å². The molecule has 0 amide bonds. The lowest BCUT2D eigenvalue weighted by Gasteiger charge is -2.01. The van der Waals surface area contributed by atoms with Crippen LogP contribution < -0.4 is 0 Å². The van der Waals surface area contributed by atoms with E-state index in [1.165, 1.54) is 12.1 Å². The van der Waals surface area contributed by atoms with Crippen LogP contribution in [0.15, 0.2) is 30.4 Å². The van der Waals surface area contributed by atoms with Crippen LogP contribution in [0.3, 0.4) is 0 Å². The summed E-state index contributed by atoms with van der Waals surface area (Å²) in [5, 5.41) is 0. The first kappa shape index (κ1) is 11.6. The second-order valence-corrected chi connectivity index (χ2v) is 3.63. The van der Waals surface area contributed by atoms with Crippen LogP contribution in [0.1, 0.15) is 18.9 Å². The Morgan fingerprint density at radius 1 is 1.27 bits per heavy atom. The van der Waals surface area contributed by atoms with Crippen LogP contribution in [0.5, 0.6) is 0 Å². The van der Waals surface area contributed by atoms with E-state index in [1.54, 1.807) is 6.92 Å². The summed E-state index contributed by atoms with van der Waals surface area (Å²) in [6, 6.07) is 3.12. The van der Waals surface area contributed by atoms with Crippen molar-refractivity contribution >= 4 is 5.78 Å². The molecule has 0 N–H and O–H groups in total. The molecule has 0 saturated carbocycles. The number of hydrogen-bond donors (Lipinski definition) is 0. The summed E-state index contributed by atoms with van der Waals surface area (Å²) in [5.74, 6) is -1.41. The van der Waals surface area contributed by atoms with Gasteiger partial charge in [0.05, 0.1) is 0 Å². The molecule has 1 aromatic carbocycles. The molecule has 0 unspecified atom stereocenters. The van der Waals surface area contributed by atoms with E-state index in [0.717, 1.165) is 11.6 Å². The number of ketones is 1. The lowest BCUT2D eigenvalue weighted by molar-refractivity contribution is -0.117. The third kappa shape index (κ3) is 4.02. The molecule has 15 heavy (non-hydrogen) atoms. The zero-order valence-electron chi connectivity index (χ0n) is 8.52. The molecule has 0 saturated heterocycles. The van der Waals surface area contributed by atoms with Gasteiger partial charge in [0, 0.05) is 18.9 Å². The van der Waals surface area contributed by atoms with Crippen LogP contribution in [0, 0.1) is 11.6 Å². The average molecular weight is 210 g/mol. The van der Waals surface area contributed by atoms with Gasteiger partial charge in [-0.3, -0.25) is 4.79 Å². The lowest BCUT2D eigenvalue weighted by Crippen LogP contribution is -2.03. The molecule has 0 aliphatic rings. The Labute approximate surface area is 87.4 Å². The van der Waals surface area contributed by atoms with Gasteiger partial charge in [0.25, 0.3) is 0 Å². The molecule has 0 radical (unpaired) electrons. The summed E-state index contributed by atoms with van der Waals surface area (Å²) >= 11 is 0. The van der Waals surface area contributed by atoms with Crippen LogP contribution >= 0.6 is 0 Å². The maximum absolute atomic E-state index is 12.8. The van der Waals surface area contributed by atoms with Crippen molar-refractivity contribution in [1.82, 2.24) is 0 Å². The molecule has 0 bridgehead atoms. The van der Waals surface area contributed by atoms with Gasteiger partial charge in [-0.25, -0.2) is 8.78 Å². The van der Waals surface area contributed by atoms with Crippen LogP contribution in [0.4, 0.5) is 8.78 Å². The summed E-state index contributed by atoms with van der Waals surface area (Å²) in [7, 11) is 0.